The number of hydrogen-bond acceptors (Lipinski definition) is 3. The molecule has 2 heterocycles. The minimum absolute atomic E-state index is 0.0608. The van der Waals surface area contributed by atoms with E-state index in [-0.39, 0.29) is 17.9 Å². The number of aliphatic hydroxyl groups is 1. The summed E-state index contributed by atoms with van der Waals surface area (Å²) in [7, 11) is 0. The average Bonchev–Trinajstić information content (AvgIpc) is 3.30. The second-order valence-corrected chi connectivity index (χ2v) is 9.59. The Labute approximate surface area is 178 Å². The number of fused-ring (bicyclic) bond motifs is 1. The third-order valence-electron chi connectivity index (χ3n) is 5.97. The summed E-state index contributed by atoms with van der Waals surface area (Å²) in [5.41, 5.74) is 3.11. The monoisotopic (exact) mass is 405 g/mol. The van der Waals surface area contributed by atoms with E-state index in [0.717, 1.165) is 24.0 Å². The molecule has 1 fully saturated rings. The molecule has 158 valence electrons. The van der Waals surface area contributed by atoms with Gasteiger partial charge in [0.25, 0.3) is 5.91 Å². The van der Waals surface area contributed by atoms with Crippen molar-refractivity contribution in [2.45, 2.75) is 44.8 Å². The summed E-state index contributed by atoms with van der Waals surface area (Å²) in [4.78, 5) is 18.1. The number of likely N-dealkylation sites (tertiary alicyclic amines) is 1. The number of aromatic nitrogens is 1. The van der Waals surface area contributed by atoms with Gasteiger partial charge in [0.1, 0.15) is 5.69 Å². The summed E-state index contributed by atoms with van der Waals surface area (Å²) in [6, 6.07) is 18.4. The van der Waals surface area contributed by atoms with Crippen LogP contribution in [0.2, 0.25) is 0 Å². The Hall–Kier alpha value is -2.63. The largest absolute Gasteiger partial charge is 0.387 e. The zero-order valence-corrected chi connectivity index (χ0v) is 18.0. The van der Waals surface area contributed by atoms with Gasteiger partial charge in [-0.25, -0.2) is 0 Å². The van der Waals surface area contributed by atoms with E-state index in [4.69, 9.17) is 0 Å². The predicted octanol–water partition coefficient (Wildman–Crippen LogP) is 3.83. The van der Waals surface area contributed by atoms with Crippen LogP contribution in [0.25, 0.3) is 10.9 Å². The third-order valence-corrected chi connectivity index (χ3v) is 5.97. The molecule has 0 aliphatic carbocycles. The molecule has 30 heavy (non-hydrogen) atoms. The maximum atomic E-state index is 12.7. The molecule has 5 nitrogen and oxygen atoms in total. The first-order chi connectivity index (χ1) is 14.2. The van der Waals surface area contributed by atoms with Crippen LogP contribution in [0, 0.1) is 0 Å². The maximum Gasteiger partial charge on any atom is 0.267 e. The lowest BCUT2D eigenvalue weighted by Crippen LogP contribution is -2.45. The van der Waals surface area contributed by atoms with E-state index in [1.165, 1.54) is 11.1 Å². The zero-order chi connectivity index (χ0) is 21.4. The van der Waals surface area contributed by atoms with Gasteiger partial charge in [0.05, 0.1) is 5.60 Å². The first kappa shape index (κ1) is 20.6. The molecule has 0 spiro atoms. The van der Waals surface area contributed by atoms with Crippen LogP contribution in [0.1, 0.15) is 48.8 Å². The van der Waals surface area contributed by atoms with Crippen molar-refractivity contribution in [2.24, 2.45) is 0 Å². The predicted molar refractivity (Wildman–Crippen MR) is 121 cm³/mol. The van der Waals surface area contributed by atoms with Crippen LogP contribution < -0.4 is 5.32 Å². The summed E-state index contributed by atoms with van der Waals surface area (Å²) in [5.74, 6) is -0.182. The van der Waals surface area contributed by atoms with Crippen LogP contribution in [-0.4, -0.2) is 46.1 Å². The van der Waals surface area contributed by atoms with Gasteiger partial charge in [0.2, 0.25) is 0 Å². The maximum absolute atomic E-state index is 12.7. The number of carbonyl (C=O) groups is 1. The van der Waals surface area contributed by atoms with Crippen LogP contribution in [0.3, 0.4) is 0 Å². The number of rotatable bonds is 5. The van der Waals surface area contributed by atoms with Gasteiger partial charge >= 0.3 is 0 Å². The molecular formula is C25H31N3O2. The topological polar surface area (TPSA) is 68.4 Å². The Morgan fingerprint density at radius 3 is 2.67 bits per heavy atom. The molecular weight excluding hydrogens is 374 g/mol. The number of carbonyl (C=O) groups excluding carboxylic acids is 1. The highest BCUT2D eigenvalue weighted by Crippen LogP contribution is 2.27. The SMILES string of the molecule is CC(C)(C)c1ccc2[nH]c(C(=O)NCC3(O)CCN(Cc4ccccc4)C3)cc2c1. The number of β-amino-alcohol motifs (C(OH)–C–C–N with tert-alkyl or cyclic N) is 1. The van der Waals surface area contributed by atoms with E-state index in [9.17, 15) is 9.90 Å². The molecule has 4 rings (SSSR count). The Kier molecular flexibility index (Phi) is 5.43. The van der Waals surface area contributed by atoms with Gasteiger partial charge in [-0.15, -0.1) is 0 Å². The van der Waals surface area contributed by atoms with Gasteiger partial charge in [-0.3, -0.25) is 9.69 Å². The van der Waals surface area contributed by atoms with Crippen molar-refractivity contribution in [1.82, 2.24) is 15.2 Å². The number of hydrogen-bond donors (Lipinski definition) is 3. The summed E-state index contributed by atoms with van der Waals surface area (Å²) in [6.45, 7) is 8.98. The van der Waals surface area contributed by atoms with Crippen molar-refractivity contribution in [3.63, 3.8) is 0 Å². The van der Waals surface area contributed by atoms with Gasteiger partial charge < -0.3 is 15.4 Å². The second-order valence-electron chi connectivity index (χ2n) is 9.59. The molecule has 1 aliphatic heterocycles. The molecule has 5 heteroatoms. The summed E-state index contributed by atoms with van der Waals surface area (Å²) < 4.78 is 0. The molecule has 1 aromatic heterocycles. The van der Waals surface area contributed by atoms with Crippen molar-refractivity contribution < 1.29 is 9.90 Å². The van der Waals surface area contributed by atoms with Gasteiger partial charge in [-0.1, -0.05) is 57.2 Å². The third kappa shape index (κ3) is 4.58. The molecule has 0 saturated carbocycles. The molecule has 3 aromatic rings. The van der Waals surface area contributed by atoms with E-state index < -0.39 is 5.60 Å². The fourth-order valence-electron chi connectivity index (χ4n) is 4.12. The van der Waals surface area contributed by atoms with Crippen LogP contribution in [0.5, 0.6) is 0 Å². The Morgan fingerprint density at radius 1 is 1.17 bits per heavy atom. The minimum Gasteiger partial charge on any atom is -0.387 e. The fourth-order valence-corrected chi connectivity index (χ4v) is 4.12. The fraction of sp³-hybridized carbons (Fsp3) is 0.400. The number of benzene rings is 2. The number of nitrogens with one attached hydrogen (secondary N) is 2. The molecule has 0 bridgehead atoms. The number of nitrogens with zero attached hydrogens (tertiary/aromatic N) is 1. The van der Waals surface area contributed by atoms with E-state index >= 15 is 0 Å². The zero-order valence-electron chi connectivity index (χ0n) is 18.0. The highest BCUT2D eigenvalue weighted by atomic mass is 16.3. The van der Waals surface area contributed by atoms with Crippen molar-refractivity contribution >= 4 is 16.8 Å². The molecule has 1 unspecified atom stereocenters. The van der Waals surface area contributed by atoms with E-state index in [0.29, 0.717) is 18.7 Å². The molecule has 0 radical (unpaired) electrons. The van der Waals surface area contributed by atoms with E-state index in [2.05, 4.69) is 60.2 Å². The summed E-state index contributed by atoms with van der Waals surface area (Å²) in [6.07, 6.45) is 0.655. The van der Waals surface area contributed by atoms with Crippen LogP contribution in [0.15, 0.2) is 54.6 Å². The number of H-pyrrole nitrogens is 1. The average molecular weight is 406 g/mol. The standard InChI is InChI=1S/C25H31N3O2/c1-24(2,3)20-9-10-21-19(13-20)14-22(27-21)23(29)26-16-25(30)11-12-28(17-25)15-18-7-5-4-6-8-18/h4-10,13-14,27,30H,11-12,15-17H2,1-3H3,(H,26,29). The lowest BCUT2D eigenvalue weighted by molar-refractivity contribution is 0.0455. The van der Waals surface area contributed by atoms with Gasteiger partial charge in [0, 0.05) is 37.1 Å². The quantitative estimate of drug-likeness (QED) is 0.604. The Balaban J connectivity index is 1.37. The van der Waals surface area contributed by atoms with Crippen molar-refractivity contribution in [1.29, 1.82) is 0 Å². The molecule has 1 aliphatic rings. The molecule has 3 N–H and O–H groups in total. The van der Waals surface area contributed by atoms with Crippen LogP contribution in [0.4, 0.5) is 0 Å². The molecule has 2 aromatic carbocycles. The van der Waals surface area contributed by atoms with Gasteiger partial charge in [-0.2, -0.15) is 0 Å². The van der Waals surface area contributed by atoms with Gasteiger partial charge in [0.15, 0.2) is 0 Å². The van der Waals surface area contributed by atoms with Crippen molar-refractivity contribution in [3.05, 3.63) is 71.4 Å². The highest BCUT2D eigenvalue weighted by Gasteiger charge is 2.36. The normalized spacial score (nSPS) is 20.0. The minimum atomic E-state index is -0.893. The van der Waals surface area contributed by atoms with E-state index in [1.54, 1.807) is 0 Å². The Morgan fingerprint density at radius 2 is 1.93 bits per heavy atom. The summed E-state index contributed by atoms with van der Waals surface area (Å²) >= 11 is 0. The van der Waals surface area contributed by atoms with E-state index in [1.807, 2.05) is 30.3 Å². The molecule has 1 atom stereocenters. The van der Waals surface area contributed by atoms with Crippen molar-refractivity contribution in [2.75, 3.05) is 19.6 Å². The molecule has 1 amide bonds. The van der Waals surface area contributed by atoms with Crippen molar-refractivity contribution in [3.8, 4) is 0 Å². The number of amides is 1. The smallest absolute Gasteiger partial charge is 0.267 e. The lowest BCUT2D eigenvalue weighted by atomic mass is 9.86. The molecule has 1 saturated heterocycles. The van der Waals surface area contributed by atoms with Gasteiger partial charge in [-0.05, 0) is 41.2 Å². The lowest BCUT2D eigenvalue weighted by Gasteiger charge is -2.23. The first-order valence-electron chi connectivity index (χ1n) is 10.6. The first-order valence-corrected chi connectivity index (χ1v) is 10.6. The Bertz CT molecular complexity index is 1040. The number of aromatic amines is 1. The van der Waals surface area contributed by atoms with Crippen LogP contribution in [-0.2, 0) is 12.0 Å². The summed E-state index contributed by atoms with van der Waals surface area (Å²) in [5, 5.41) is 14.9. The second kappa shape index (κ2) is 7.89. The highest BCUT2D eigenvalue weighted by molar-refractivity contribution is 5.98. The van der Waals surface area contributed by atoms with Crippen LogP contribution >= 0.6 is 0 Å².